The molecule has 1 amide bonds. The van der Waals surface area contributed by atoms with Gasteiger partial charge in [-0.1, -0.05) is 5.16 Å². The second kappa shape index (κ2) is 8.51. The summed E-state index contributed by atoms with van der Waals surface area (Å²) in [5.41, 5.74) is 1.77. The summed E-state index contributed by atoms with van der Waals surface area (Å²) in [7, 11) is 1.58. The highest BCUT2D eigenvalue weighted by Crippen LogP contribution is 2.16. The zero-order valence-corrected chi connectivity index (χ0v) is 16.1. The molecule has 28 heavy (non-hydrogen) atoms. The lowest BCUT2D eigenvalue weighted by Crippen LogP contribution is -2.23. The van der Waals surface area contributed by atoms with Crippen LogP contribution in [0.3, 0.4) is 0 Å². The number of aromatic nitrogens is 3. The molecule has 0 aliphatic carbocycles. The molecular formula is C20H22N4O4. The Kier molecular flexibility index (Phi) is 5.88. The Morgan fingerprint density at radius 1 is 1.21 bits per heavy atom. The van der Waals surface area contributed by atoms with Gasteiger partial charge in [0.25, 0.3) is 5.56 Å². The van der Waals surface area contributed by atoms with E-state index in [-0.39, 0.29) is 30.1 Å². The van der Waals surface area contributed by atoms with Gasteiger partial charge in [0.15, 0.2) is 0 Å². The van der Waals surface area contributed by atoms with Crippen LogP contribution in [0.1, 0.15) is 24.9 Å². The van der Waals surface area contributed by atoms with Crippen molar-refractivity contribution in [3.8, 4) is 17.1 Å². The number of aryl methyl sites for hydroxylation is 2. The summed E-state index contributed by atoms with van der Waals surface area (Å²) in [4.78, 5) is 28.9. The average Bonchev–Trinajstić information content (AvgIpc) is 3.16. The molecule has 3 rings (SSSR count). The highest BCUT2D eigenvalue weighted by molar-refractivity contribution is 5.90. The third kappa shape index (κ3) is 4.28. The number of carbonyl (C=O) groups is 1. The van der Waals surface area contributed by atoms with Gasteiger partial charge in [0, 0.05) is 30.8 Å². The van der Waals surface area contributed by atoms with Crippen LogP contribution in [-0.2, 0) is 17.8 Å². The molecule has 2 heterocycles. The summed E-state index contributed by atoms with van der Waals surface area (Å²) in [6.07, 6.45) is 0.462. The van der Waals surface area contributed by atoms with E-state index < -0.39 is 0 Å². The molecule has 0 radical (unpaired) electrons. The highest BCUT2D eigenvalue weighted by Gasteiger charge is 2.15. The van der Waals surface area contributed by atoms with Crippen LogP contribution < -0.4 is 15.6 Å². The van der Waals surface area contributed by atoms with Crippen molar-refractivity contribution in [3.63, 3.8) is 0 Å². The van der Waals surface area contributed by atoms with E-state index >= 15 is 0 Å². The molecule has 0 saturated heterocycles. The smallest absolute Gasteiger partial charge is 0.261 e. The van der Waals surface area contributed by atoms with Gasteiger partial charge in [-0.05, 0) is 50.2 Å². The number of carbonyl (C=O) groups excluding carboxylic acids is 1. The molecule has 0 aliphatic rings. The predicted molar refractivity (Wildman–Crippen MR) is 104 cm³/mol. The first kappa shape index (κ1) is 19.3. The maximum absolute atomic E-state index is 12.5. The zero-order chi connectivity index (χ0) is 20.1. The molecule has 0 saturated carbocycles. The van der Waals surface area contributed by atoms with E-state index in [2.05, 4.69) is 15.5 Å². The van der Waals surface area contributed by atoms with Gasteiger partial charge in [0.05, 0.1) is 12.7 Å². The van der Waals surface area contributed by atoms with Crippen LogP contribution in [0.2, 0.25) is 0 Å². The molecular weight excluding hydrogens is 360 g/mol. The SMILES string of the molecule is CCn1c(C)ccc(-c2noc(CCC(=O)Nc3ccc(OC)cc3)n2)c1=O. The van der Waals surface area contributed by atoms with E-state index in [4.69, 9.17) is 9.26 Å². The number of methoxy groups -OCH3 is 1. The first-order chi connectivity index (χ1) is 13.5. The number of anilines is 1. The molecule has 0 bridgehead atoms. The third-order valence-electron chi connectivity index (χ3n) is 4.36. The Balaban J connectivity index is 1.63. The molecule has 0 unspecified atom stereocenters. The molecule has 8 heteroatoms. The number of amides is 1. The Hall–Kier alpha value is -3.42. The van der Waals surface area contributed by atoms with E-state index in [1.54, 1.807) is 42.0 Å². The minimum atomic E-state index is -0.173. The normalized spacial score (nSPS) is 10.7. The largest absolute Gasteiger partial charge is 0.497 e. The summed E-state index contributed by atoms with van der Waals surface area (Å²) >= 11 is 0. The molecule has 0 aliphatic heterocycles. The number of hydrogen-bond donors (Lipinski definition) is 1. The zero-order valence-electron chi connectivity index (χ0n) is 16.1. The predicted octanol–water partition coefficient (Wildman–Crippen LogP) is 2.81. The van der Waals surface area contributed by atoms with Crippen molar-refractivity contribution >= 4 is 11.6 Å². The second-order valence-corrected chi connectivity index (χ2v) is 6.23. The standard InChI is InChI=1S/C20H22N4O4/c1-4-24-13(2)5-10-16(20(24)26)19-22-18(28-23-19)12-11-17(25)21-14-6-8-15(27-3)9-7-14/h5-10H,4,11-12H2,1-3H3,(H,21,25). The van der Waals surface area contributed by atoms with Crippen molar-refractivity contribution in [2.24, 2.45) is 0 Å². The lowest BCUT2D eigenvalue weighted by atomic mass is 10.2. The lowest BCUT2D eigenvalue weighted by molar-refractivity contribution is -0.116. The Bertz CT molecular complexity index is 1020. The summed E-state index contributed by atoms with van der Waals surface area (Å²) < 4.78 is 11.9. The van der Waals surface area contributed by atoms with Gasteiger partial charge in [-0.3, -0.25) is 9.59 Å². The topological polar surface area (TPSA) is 99.2 Å². The number of rotatable bonds is 7. The Morgan fingerprint density at radius 2 is 1.96 bits per heavy atom. The molecule has 146 valence electrons. The van der Waals surface area contributed by atoms with Crippen LogP contribution in [0.15, 0.2) is 45.7 Å². The van der Waals surface area contributed by atoms with Gasteiger partial charge in [0.1, 0.15) is 5.75 Å². The molecule has 1 aromatic carbocycles. The maximum Gasteiger partial charge on any atom is 0.261 e. The van der Waals surface area contributed by atoms with Crippen molar-refractivity contribution in [3.05, 3.63) is 58.3 Å². The fourth-order valence-electron chi connectivity index (χ4n) is 2.82. The van der Waals surface area contributed by atoms with E-state index in [1.807, 2.05) is 19.9 Å². The van der Waals surface area contributed by atoms with Gasteiger partial charge < -0.3 is 19.1 Å². The first-order valence-corrected chi connectivity index (χ1v) is 8.99. The quantitative estimate of drug-likeness (QED) is 0.675. The maximum atomic E-state index is 12.5. The number of hydrogen-bond acceptors (Lipinski definition) is 6. The van der Waals surface area contributed by atoms with E-state index in [9.17, 15) is 9.59 Å². The van der Waals surface area contributed by atoms with Gasteiger partial charge in [-0.15, -0.1) is 0 Å². The van der Waals surface area contributed by atoms with Crippen LogP contribution in [0.5, 0.6) is 5.75 Å². The molecule has 0 atom stereocenters. The summed E-state index contributed by atoms with van der Waals surface area (Å²) in [5.74, 6) is 1.09. The fourth-order valence-corrected chi connectivity index (χ4v) is 2.82. The van der Waals surface area contributed by atoms with E-state index in [0.717, 1.165) is 11.4 Å². The molecule has 8 nitrogen and oxygen atoms in total. The third-order valence-corrected chi connectivity index (χ3v) is 4.36. The van der Waals surface area contributed by atoms with Crippen molar-refractivity contribution in [2.75, 3.05) is 12.4 Å². The van der Waals surface area contributed by atoms with Crippen molar-refractivity contribution in [2.45, 2.75) is 33.2 Å². The van der Waals surface area contributed by atoms with Crippen LogP contribution in [0.4, 0.5) is 5.69 Å². The van der Waals surface area contributed by atoms with Crippen LogP contribution in [0.25, 0.3) is 11.4 Å². The average molecular weight is 382 g/mol. The van der Waals surface area contributed by atoms with Gasteiger partial charge >= 0.3 is 0 Å². The van der Waals surface area contributed by atoms with Crippen LogP contribution in [-0.4, -0.2) is 27.7 Å². The van der Waals surface area contributed by atoms with E-state index in [1.165, 1.54) is 0 Å². The molecule has 0 fully saturated rings. The van der Waals surface area contributed by atoms with Crippen molar-refractivity contribution in [1.29, 1.82) is 0 Å². The van der Waals surface area contributed by atoms with E-state index in [0.29, 0.717) is 23.7 Å². The summed E-state index contributed by atoms with van der Waals surface area (Å²) in [6.45, 7) is 4.34. The molecule has 1 N–H and O–H groups in total. The van der Waals surface area contributed by atoms with Crippen LogP contribution in [0, 0.1) is 6.92 Å². The summed E-state index contributed by atoms with van der Waals surface area (Å²) in [5, 5.41) is 6.68. The van der Waals surface area contributed by atoms with Gasteiger partial charge in [0.2, 0.25) is 17.6 Å². The highest BCUT2D eigenvalue weighted by atomic mass is 16.5. The minimum Gasteiger partial charge on any atom is -0.497 e. The number of benzene rings is 1. The number of ether oxygens (including phenoxy) is 1. The fraction of sp³-hybridized carbons (Fsp3) is 0.300. The van der Waals surface area contributed by atoms with Crippen molar-refractivity contribution in [1.82, 2.24) is 14.7 Å². The monoisotopic (exact) mass is 382 g/mol. The Labute approximate surface area is 162 Å². The molecule has 3 aromatic rings. The first-order valence-electron chi connectivity index (χ1n) is 8.99. The van der Waals surface area contributed by atoms with Crippen molar-refractivity contribution < 1.29 is 14.1 Å². The number of pyridine rings is 1. The van der Waals surface area contributed by atoms with Crippen LogP contribution >= 0.6 is 0 Å². The van der Waals surface area contributed by atoms with Gasteiger partial charge in [-0.2, -0.15) is 4.98 Å². The molecule has 0 spiro atoms. The second-order valence-electron chi connectivity index (χ2n) is 6.23. The Morgan fingerprint density at radius 3 is 2.64 bits per heavy atom. The number of nitrogens with zero attached hydrogens (tertiary/aromatic N) is 3. The molecule has 2 aromatic heterocycles. The lowest BCUT2D eigenvalue weighted by Gasteiger charge is -2.07. The summed E-state index contributed by atoms with van der Waals surface area (Å²) in [6, 6.07) is 10.6. The minimum absolute atomic E-state index is 0.160. The van der Waals surface area contributed by atoms with Gasteiger partial charge in [-0.25, -0.2) is 0 Å². The number of nitrogens with one attached hydrogen (secondary N) is 1.